The molecule has 1 N–H and O–H groups in total. The highest BCUT2D eigenvalue weighted by atomic mass is 16.2. The van der Waals surface area contributed by atoms with Crippen molar-refractivity contribution in [1.82, 2.24) is 5.32 Å². The predicted molar refractivity (Wildman–Crippen MR) is 75.8 cm³/mol. The van der Waals surface area contributed by atoms with Crippen molar-refractivity contribution in [2.75, 3.05) is 18.5 Å². The molecule has 0 unspecified atom stereocenters. The molecule has 4 heteroatoms. The highest BCUT2D eigenvalue weighted by Gasteiger charge is 2.19. The van der Waals surface area contributed by atoms with Gasteiger partial charge in [0.2, 0.25) is 0 Å². The maximum Gasteiger partial charge on any atom is 0.321 e. The first kappa shape index (κ1) is 13.6. The minimum atomic E-state index is -0.0845. The fraction of sp³-hybridized carbons (Fsp3) is 0.467. The average Bonchev–Trinajstić information content (AvgIpc) is 2.38. The number of urea groups is 1. The molecule has 2 rings (SSSR count). The number of amides is 2. The zero-order valence-electron chi connectivity index (χ0n) is 11.5. The van der Waals surface area contributed by atoms with E-state index in [4.69, 9.17) is 0 Å². The number of carbonyl (C=O) groups is 2. The number of benzene rings is 1. The topological polar surface area (TPSA) is 49.4 Å². The van der Waals surface area contributed by atoms with Crippen LogP contribution >= 0.6 is 0 Å². The third kappa shape index (κ3) is 2.95. The molecular formula is C15H20N2O2. The van der Waals surface area contributed by atoms with Crippen LogP contribution in [0.3, 0.4) is 0 Å². The van der Waals surface area contributed by atoms with Gasteiger partial charge in [-0.1, -0.05) is 6.42 Å². The van der Waals surface area contributed by atoms with Gasteiger partial charge >= 0.3 is 6.03 Å². The molecule has 19 heavy (non-hydrogen) atoms. The number of nitrogens with one attached hydrogen (secondary N) is 1. The lowest BCUT2D eigenvalue weighted by Crippen LogP contribution is -2.39. The molecule has 0 atom stereocenters. The molecule has 1 aromatic rings. The first-order valence-corrected chi connectivity index (χ1v) is 6.76. The van der Waals surface area contributed by atoms with E-state index in [-0.39, 0.29) is 11.8 Å². The smallest absolute Gasteiger partial charge is 0.321 e. The Balaban J connectivity index is 2.43. The number of carbonyl (C=O) groups excluding carboxylic acids is 2. The van der Waals surface area contributed by atoms with Crippen LogP contribution in [0.25, 0.3) is 0 Å². The van der Waals surface area contributed by atoms with Gasteiger partial charge in [0.15, 0.2) is 5.78 Å². The minimum Gasteiger partial charge on any atom is -0.341 e. The number of Topliss-reactive ketones (excluding diaryl/α,β-unsaturated/α-hetero) is 1. The normalized spacial score (nSPS) is 15.2. The molecule has 0 spiro atoms. The van der Waals surface area contributed by atoms with Crippen LogP contribution in [-0.2, 0) is 6.42 Å². The van der Waals surface area contributed by atoms with Crippen LogP contribution in [0.15, 0.2) is 18.2 Å². The Morgan fingerprint density at radius 2 is 2.00 bits per heavy atom. The van der Waals surface area contributed by atoms with Gasteiger partial charge in [0.1, 0.15) is 0 Å². The molecule has 1 aliphatic rings. The molecule has 0 saturated carbocycles. The number of rotatable bonds is 1. The summed E-state index contributed by atoms with van der Waals surface area (Å²) in [5.74, 6) is 0.0661. The second-order valence-electron chi connectivity index (χ2n) is 4.92. The summed E-state index contributed by atoms with van der Waals surface area (Å²) in [6.07, 6.45) is 4.15. The summed E-state index contributed by atoms with van der Waals surface area (Å²) < 4.78 is 0. The molecular weight excluding hydrogens is 240 g/mol. The van der Waals surface area contributed by atoms with Gasteiger partial charge in [0.25, 0.3) is 0 Å². The summed E-state index contributed by atoms with van der Waals surface area (Å²) in [5.41, 5.74) is 2.75. The van der Waals surface area contributed by atoms with E-state index in [1.807, 2.05) is 12.1 Å². The van der Waals surface area contributed by atoms with Crippen molar-refractivity contribution in [3.8, 4) is 0 Å². The van der Waals surface area contributed by atoms with Crippen LogP contribution in [0, 0.1) is 0 Å². The number of anilines is 1. The van der Waals surface area contributed by atoms with Crippen molar-refractivity contribution >= 4 is 17.5 Å². The lowest BCUT2D eigenvalue weighted by atomic mass is 9.98. The second-order valence-corrected chi connectivity index (χ2v) is 4.92. The summed E-state index contributed by atoms with van der Waals surface area (Å²) in [6, 6.07) is 5.54. The molecule has 1 aromatic carbocycles. The molecule has 0 radical (unpaired) electrons. The van der Waals surface area contributed by atoms with Gasteiger partial charge in [-0.15, -0.1) is 0 Å². The minimum absolute atomic E-state index is 0.0661. The predicted octanol–water partition coefficient (Wildman–Crippen LogP) is 2.76. The van der Waals surface area contributed by atoms with E-state index in [2.05, 4.69) is 5.32 Å². The van der Waals surface area contributed by atoms with Crippen molar-refractivity contribution in [1.29, 1.82) is 0 Å². The summed E-state index contributed by atoms with van der Waals surface area (Å²) in [4.78, 5) is 25.2. The molecule has 0 fully saturated rings. The lowest BCUT2D eigenvalue weighted by molar-refractivity contribution is 0.101. The number of ketones is 1. The first-order chi connectivity index (χ1) is 9.13. The van der Waals surface area contributed by atoms with Crippen LogP contribution < -0.4 is 10.2 Å². The average molecular weight is 260 g/mol. The molecule has 1 heterocycles. The van der Waals surface area contributed by atoms with E-state index < -0.39 is 0 Å². The van der Waals surface area contributed by atoms with Crippen LogP contribution in [0.5, 0.6) is 0 Å². The van der Waals surface area contributed by atoms with Crippen molar-refractivity contribution in [3.63, 3.8) is 0 Å². The van der Waals surface area contributed by atoms with Crippen LogP contribution in [0.4, 0.5) is 10.5 Å². The monoisotopic (exact) mass is 260 g/mol. The molecule has 0 bridgehead atoms. The fourth-order valence-corrected chi connectivity index (χ4v) is 2.50. The zero-order chi connectivity index (χ0) is 13.8. The number of fused-ring (bicyclic) bond motifs is 1. The van der Waals surface area contributed by atoms with E-state index >= 15 is 0 Å². The molecule has 2 amide bonds. The summed E-state index contributed by atoms with van der Waals surface area (Å²) >= 11 is 0. The summed E-state index contributed by atoms with van der Waals surface area (Å²) in [7, 11) is 1.64. The Labute approximate surface area is 113 Å². The Kier molecular flexibility index (Phi) is 4.20. The first-order valence-electron chi connectivity index (χ1n) is 6.76. The van der Waals surface area contributed by atoms with Gasteiger partial charge in [-0.25, -0.2) is 4.79 Å². The molecule has 0 aliphatic carbocycles. The molecule has 102 valence electrons. The van der Waals surface area contributed by atoms with Crippen molar-refractivity contribution in [2.45, 2.75) is 32.6 Å². The van der Waals surface area contributed by atoms with Crippen LogP contribution in [-0.4, -0.2) is 25.4 Å². The lowest BCUT2D eigenvalue weighted by Gasteiger charge is -2.27. The van der Waals surface area contributed by atoms with E-state index in [1.54, 1.807) is 24.9 Å². The molecule has 0 aromatic heterocycles. The number of hydrogen-bond acceptors (Lipinski definition) is 2. The SMILES string of the molecule is CNC(=O)N1CCCCCc2cc(C(C)=O)ccc21. The molecule has 0 saturated heterocycles. The summed E-state index contributed by atoms with van der Waals surface area (Å²) in [5, 5.41) is 2.68. The summed E-state index contributed by atoms with van der Waals surface area (Å²) in [6.45, 7) is 2.30. The van der Waals surface area contributed by atoms with E-state index in [0.717, 1.165) is 49.0 Å². The van der Waals surface area contributed by atoms with Gasteiger partial charge in [0, 0.05) is 24.8 Å². The van der Waals surface area contributed by atoms with E-state index in [1.165, 1.54) is 0 Å². The van der Waals surface area contributed by atoms with Gasteiger partial charge in [-0.3, -0.25) is 9.69 Å². The van der Waals surface area contributed by atoms with E-state index in [9.17, 15) is 9.59 Å². The Morgan fingerprint density at radius 1 is 1.21 bits per heavy atom. The van der Waals surface area contributed by atoms with E-state index in [0.29, 0.717) is 0 Å². The van der Waals surface area contributed by atoms with Crippen LogP contribution in [0.2, 0.25) is 0 Å². The van der Waals surface area contributed by atoms with Crippen LogP contribution in [0.1, 0.15) is 42.1 Å². The zero-order valence-corrected chi connectivity index (χ0v) is 11.5. The van der Waals surface area contributed by atoms with Gasteiger partial charge in [-0.2, -0.15) is 0 Å². The Bertz CT molecular complexity index is 497. The van der Waals surface area contributed by atoms with Gasteiger partial charge in [0.05, 0.1) is 0 Å². The number of hydrogen-bond donors (Lipinski definition) is 1. The third-order valence-electron chi connectivity index (χ3n) is 3.56. The largest absolute Gasteiger partial charge is 0.341 e. The maximum absolute atomic E-state index is 12.0. The Morgan fingerprint density at radius 3 is 2.68 bits per heavy atom. The molecule has 1 aliphatic heterocycles. The second kappa shape index (κ2) is 5.87. The number of aryl methyl sites for hydroxylation is 1. The highest BCUT2D eigenvalue weighted by molar-refractivity contribution is 5.97. The van der Waals surface area contributed by atoms with Gasteiger partial charge < -0.3 is 5.32 Å². The van der Waals surface area contributed by atoms with Gasteiger partial charge in [-0.05, 0) is 49.9 Å². The standard InChI is InChI=1S/C15H20N2O2/c1-11(18)12-7-8-14-13(10-12)6-4-3-5-9-17(14)15(19)16-2/h7-8,10H,3-6,9H2,1-2H3,(H,16,19). The van der Waals surface area contributed by atoms with Crippen molar-refractivity contribution in [3.05, 3.63) is 29.3 Å². The highest BCUT2D eigenvalue weighted by Crippen LogP contribution is 2.27. The quantitative estimate of drug-likeness (QED) is 0.789. The molecule has 4 nitrogen and oxygen atoms in total. The third-order valence-corrected chi connectivity index (χ3v) is 3.56. The maximum atomic E-state index is 12.0. The van der Waals surface area contributed by atoms with Crippen molar-refractivity contribution in [2.24, 2.45) is 0 Å². The Hall–Kier alpha value is -1.84. The van der Waals surface area contributed by atoms with Crippen molar-refractivity contribution < 1.29 is 9.59 Å². The number of nitrogens with zero attached hydrogens (tertiary/aromatic N) is 1. The fourth-order valence-electron chi connectivity index (χ4n) is 2.50.